The van der Waals surface area contributed by atoms with Gasteiger partial charge in [0.25, 0.3) is 5.91 Å². The summed E-state index contributed by atoms with van der Waals surface area (Å²) in [5.74, 6) is -0.0288. The van der Waals surface area contributed by atoms with E-state index in [1.807, 2.05) is 18.2 Å². The molecule has 2 heterocycles. The molecule has 1 N–H and O–H groups in total. The molecule has 0 unspecified atom stereocenters. The average Bonchev–Trinajstić information content (AvgIpc) is 2.85. The summed E-state index contributed by atoms with van der Waals surface area (Å²) in [6.45, 7) is 2.97. The number of amides is 1. The Kier molecular flexibility index (Phi) is 4.83. The third-order valence-electron chi connectivity index (χ3n) is 3.97. The maximum atomic E-state index is 12.3. The molecule has 2 aliphatic heterocycles. The molecule has 0 radical (unpaired) electrons. The van der Waals surface area contributed by atoms with Crippen LogP contribution in [0.15, 0.2) is 36.3 Å². The van der Waals surface area contributed by atoms with E-state index in [4.69, 9.17) is 9.47 Å². The lowest BCUT2D eigenvalue weighted by Crippen LogP contribution is -2.26. The van der Waals surface area contributed by atoms with Gasteiger partial charge in [-0.1, -0.05) is 25.0 Å². The summed E-state index contributed by atoms with van der Waals surface area (Å²) in [6.07, 6.45) is 6.34. The van der Waals surface area contributed by atoms with E-state index in [0.29, 0.717) is 13.2 Å². The molecule has 2 aliphatic rings. The normalized spacial score (nSPS) is 18.5. The second kappa shape index (κ2) is 7.20. The molecule has 5 nitrogen and oxygen atoms in total. The van der Waals surface area contributed by atoms with E-state index in [1.165, 1.54) is 31.9 Å². The zero-order chi connectivity index (χ0) is 15.2. The second-order valence-corrected chi connectivity index (χ2v) is 5.57. The molecule has 0 saturated carbocycles. The third-order valence-corrected chi connectivity index (χ3v) is 3.97. The quantitative estimate of drug-likeness (QED) is 0.933. The molecule has 0 spiro atoms. The first-order chi connectivity index (χ1) is 10.8. The maximum absolute atomic E-state index is 12.3. The lowest BCUT2D eigenvalue weighted by Gasteiger charge is -2.25. The SMILES string of the molecule is O=C(Nc1ccccc1N1CCCCCC1)C1=COCCO1. The molecule has 0 bridgehead atoms. The van der Waals surface area contributed by atoms with Gasteiger partial charge in [-0.3, -0.25) is 4.79 Å². The highest BCUT2D eigenvalue weighted by molar-refractivity contribution is 6.04. The number of hydrogen-bond acceptors (Lipinski definition) is 4. The van der Waals surface area contributed by atoms with Crippen molar-refractivity contribution in [3.05, 3.63) is 36.3 Å². The van der Waals surface area contributed by atoms with Gasteiger partial charge in [-0.05, 0) is 25.0 Å². The fourth-order valence-corrected chi connectivity index (χ4v) is 2.84. The lowest BCUT2D eigenvalue weighted by atomic mass is 10.2. The second-order valence-electron chi connectivity index (χ2n) is 5.57. The summed E-state index contributed by atoms with van der Waals surface area (Å²) >= 11 is 0. The van der Waals surface area contributed by atoms with E-state index in [0.717, 1.165) is 24.5 Å². The standard InChI is InChI=1S/C17H22N2O3/c20-17(16-13-21-11-12-22-16)18-14-7-3-4-8-15(14)19-9-5-1-2-6-10-19/h3-4,7-8,13H,1-2,5-6,9-12H2,(H,18,20). The fourth-order valence-electron chi connectivity index (χ4n) is 2.84. The van der Waals surface area contributed by atoms with Crippen molar-refractivity contribution in [3.63, 3.8) is 0 Å². The van der Waals surface area contributed by atoms with Crippen LogP contribution in [0.1, 0.15) is 25.7 Å². The minimum Gasteiger partial charge on any atom is -0.494 e. The molecule has 5 heteroatoms. The maximum Gasteiger partial charge on any atom is 0.294 e. The number of nitrogens with zero attached hydrogens (tertiary/aromatic N) is 1. The van der Waals surface area contributed by atoms with E-state index >= 15 is 0 Å². The molecule has 1 aromatic rings. The minimum atomic E-state index is -0.262. The van der Waals surface area contributed by atoms with Crippen molar-refractivity contribution in [2.24, 2.45) is 0 Å². The zero-order valence-electron chi connectivity index (χ0n) is 12.7. The predicted molar refractivity (Wildman–Crippen MR) is 85.7 cm³/mol. The van der Waals surface area contributed by atoms with Gasteiger partial charge in [0, 0.05) is 13.1 Å². The monoisotopic (exact) mass is 302 g/mol. The lowest BCUT2D eigenvalue weighted by molar-refractivity contribution is -0.117. The Morgan fingerprint density at radius 2 is 1.82 bits per heavy atom. The summed E-state index contributed by atoms with van der Waals surface area (Å²) in [5, 5.41) is 2.94. The molecule has 0 aliphatic carbocycles. The Hall–Kier alpha value is -2.17. The predicted octanol–water partition coefficient (Wildman–Crippen LogP) is 2.89. The van der Waals surface area contributed by atoms with Gasteiger partial charge in [-0.25, -0.2) is 0 Å². The molecule has 1 amide bonds. The summed E-state index contributed by atoms with van der Waals surface area (Å²) in [4.78, 5) is 14.6. The average molecular weight is 302 g/mol. The van der Waals surface area contributed by atoms with Crippen LogP contribution in [0.3, 0.4) is 0 Å². The number of rotatable bonds is 3. The number of ether oxygens (including phenoxy) is 2. The number of nitrogens with one attached hydrogen (secondary N) is 1. The van der Waals surface area contributed by atoms with Crippen molar-refractivity contribution in [2.75, 3.05) is 36.5 Å². The van der Waals surface area contributed by atoms with Crippen LogP contribution in [0.4, 0.5) is 11.4 Å². The summed E-state index contributed by atoms with van der Waals surface area (Å²) < 4.78 is 10.5. The Morgan fingerprint density at radius 1 is 1.05 bits per heavy atom. The van der Waals surface area contributed by atoms with Crippen molar-refractivity contribution in [1.82, 2.24) is 0 Å². The van der Waals surface area contributed by atoms with Crippen LogP contribution in [-0.2, 0) is 14.3 Å². The molecule has 1 saturated heterocycles. The van der Waals surface area contributed by atoms with Crippen LogP contribution in [0, 0.1) is 0 Å². The smallest absolute Gasteiger partial charge is 0.294 e. The van der Waals surface area contributed by atoms with E-state index in [1.54, 1.807) is 0 Å². The van der Waals surface area contributed by atoms with Gasteiger partial charge in [0.05, 0.1) is 11.4 Å². The van der Waals surface area contributed by atoms with Gasteiger partial charge < -0.3 is 19.7 Å². The molecular formula is C17H22N2O3. The number of carbonyl (C=O) groups is 1. The molecule has 1 aromatic carbocycles. The van der Waals surface area contributed by atoms with Crippen LogP contribution in [0.5, 0.6) is 0 Å². The van der Waals surface area contributed by atoms with Gasteiger partial charge in [0.2, 0.25) is 5.76 Å². The number of carbonyl (C=O) groups excluding carboxylic acids is 1. The van der Waals surface area contributed by atoms with Crippen molar-refractivity contribution >= 4 is 17.3 Å². The van der Waals surface area contributed by atoms with Gasteiger partial charge in [-0.2, -0.15) is 0 Å². The first-order valence-corrected chi connectivity index (χ1v) is 7.94. The Morgan fingerprint density at radius 3 is 2.55 bits per heavy atom. The molecule has 22 heavy (non-hydrogen) atoms. The number of benzene rings is 1. The third kappa shape index (κ3) is 3.53. The van der Waals surface area contributed by atoms with Crippen molar-refractivity contribution < 1.29 is 14.3 Å². The van der Waals surface area contributed by atoms with Crippen molar-refractivity contribution in [2.45, 2.75) is 25.7 Å². The van der Waals surface area contributed by atoms with Crippen LogP contribution >= 0.6 is 0 Å². The van der Waals surface area contributed by atoms with Crippen molar-refractivity contribution in [3.8, 4) is 0 Å². The summed E-state index contributed by atoms with van der Waals surface area (Å²) in [7, 11) is 0. The van der Waals surface area contributed by atoms with Gasteiger partial charge in [-0.15, -0.1) is 0 Å². The highest BCUT2D eigenvalue weighted by atomic mass is 16.6. The Balaban J connectivity index is 1.75. The first-order valence-electron chi connectivity index (χ1n) is 7.94. The summed E-state index contributed by atoms with van der Waals surface area (Å²) in [5.41, 5.74) is 1.90. The van der Waals surface area contributed by atoms with Crippen LogP contribution < -0.4 is 10.2 Å². The highest BCUT2D eigenvalue weighted by Gasteiger charge is 2.18. The highest BCUT2D eigenvalue weighted by Crippen LogP contribution is 2.28. The van der Waals surface area contributed by atoms with E-state index in [2.05, 4.69) is 16.3 Å². The van der Waals surface area contributed by atoms with Crippen LogP contribution in [0.25, 0.3) is 0 Å². The van der Waals surface area contributed by atoms with Crippen molar-refractivity contribution in [1.29, 1.82) is 0 Å². The van der Waals surface area contributed by atoms with E-state index < -0.39 is 0 Å². The number of para-hydroxylation sites is 2. The van der Waals surface area contributed by atoms with Gasteiger partial charge in [0.15, 0.2) is 0 Å². The first kappa shape index (κ1) is 14.8. The Bertz CT molecular complexity index is 549. The molecule has 0 atom stereocenters. The minimum absolute atomic E-state index is 0.233. The molecular weight excluding hydrogens is 280 g/mol. The molecule has 3 rings (SSSR count). The Labute approximate surface area is 130 Å². The number of hydrogen-bond donors (Lipinski definition) is 1. The topological polar surface area (TPSA) is 50.8 Å². The van der Waals surface area contributed by atoms with Crippen LogP contribution in [0.2, 0.25) is 0 Å². The fraction of sp³-hybridized carbons (Fsp3) is 0.471. The largest absolute Gasteiger partial charge is 0.494 e. The number of anilines is 2. The van der Waals surface area contributed by atoms with Crippen LogP contribution in [-0.4, -0.2) is 32.2 Å². The van der Waals surface area contributed by atoms with E-state index in [9.17, 15) is 4.79 Å². The molecule has 118 valence electrons. The van der Waals surface area contributed by atoms with Gasteiger partial charge >= 0.3 is 0 Å². The summed E-state index contributed by atoms with van der Waals surface area (Å²) in [6, 6.07) is 7.94. The zero-order valence-corrected chi connectivity index (χ0v) is 12.7. The molecule has 0 aromatic heterocycles. The van der Waals surface area contributed by atoms with Gasteiger partial charge in [0.1, 0.15) is 19.5 Å². The van der Waals surface area contributed by atoms with E-state index in [-0.39, 0.29) is 11.7 Å². The molecule has 1 fully saturated rings.